The standard InChI is InChI=1S/C13H16N2/c1-15-8-2-3-13(15)11-4-5-12-10(9-11)6-7-14-12/h4-7,9,13-14H,2-3,8H2,1H3/t13-/m1/s1. The lowest BCUT2D eigenvalue weighted by Gasteiger charge is -2.19. The lowest BCUT2D eigenvalue weighted by molar-refractivity contribution is 0.317. The number of rotatable bonds is 1. The van der Waals surface area contributed by atoms with Gasteiger partial charge < -0.3 is 4.98 Å². The van der Waals surface area contributed by atoms with Crippen LogP contribution in [0.1, 0.15) is 24.4 Å². The van der Waals surface area contributed by atoms with Gasteiger partial charge in [0.2, 0.25) is 0 Å². The molecule has 1 saturated heterocycles. The maximum atomic E-state index is 3.23. The van der Waals surface area contributed by atoms with E-state index in [4.69, 9.17) is 0 Å². The fraction of sp³-hybridized carbons (Fsp3) is 0.385. The van der Waals surface area contributed by atoms with Gasteiger partial charge in [0.05, 0.1) is 0 Å². The van der Waals surface area contributed by atoms with E-state index in [1.807, 2.05) is 6.20 Å². The number of nitrogens with zero attached hydrogens (tertiary/aromatic N) is 1. The van der Waals surface area contributed by atoms with Crippen LogP contribution in [-0.2, 0) is 0 Å². The number of H-pyrrole nitrogens is 1. The zero-order valence-electron chi connectivity index (χ0n) is 9.03. The Hall–Kier alpha value is -1.28. The molecular formula is C13H16N2. The molecule has 1 N–H and O–H groups in total. The average Bonchev–Trinajstić information content (AvgIpc) is 2.84. The van der Waals surface area contributed by atoms with Crippen molar-refractivity contribution in [3.63, 3.8) is 0 Å². The number of hydrogen-bond donors (Lipinski definition) is 1. The summed E-state index contributed by atoms with van der Waals surface area (Å²) in [7, 11) is 2.22. The molecule has 1 aliphatic rings. The Bertz CT molecular complexity index is 472. The highest BCUT2D eigenvalue weighted by molar-refractivity contribution is 5.80. The van der Waals surface area contributed by atoms with E-state index in [1.54, 1.807) is 0 Å². The molecule has 0 unspecified atom stereocenters. The van der Waals surface area contributed by atoms with E-state index in [0.717, 1.165) is 0 Å². The van der Waals surface area contributed by atoms with Gasteiger partial charge in [-0.25, -0.2) is 0 Å². The van der Waals surface area contributed by atoms with E-state index in [9.17, 15) is 0 Å². The summed E-state index contributed by atoms with van der Waals surface area (Å²) in [5, 5.41) is 1.33. The molecule has 0 bridgehead atoms. The van der Waals surface area contributed by atoms with Crippen LogP contribution in [0.3, 0.4) is 0 Å². The Kier molecular flexibility index (Phi) is 2.03. The first-order valence-corrected chi connectivity index (χ1v) is 5.62. The van der Waals surface area contributed by atoms with Crippen molar-refractivity contribution in [1.29, 1.82) is 0 Å². The first-order valence-electron chi connectivity index (χ1n) is 5.62. The van der Waals surface area contributed by atoms with Crippen LogP contribution in [0.5, 0.6) is 0 Å². The molecule has 1 aliphatic heterocycles. The summed E-state index contributed by atoms with van der Waals surface area (Å²) >= 11 is 0. The third kappa shape index (κ3) is 1.45. The van der Waals surface area contributed by atoms with Gasteiger partial charge in [-0.3, -0.25) is 4.90 Å². The zero-order chi connectivity index (χ0) is 10.3. The largest absolute Gasteiger partial charge is 0.361 e. The molecule has 1 fully saturated rings. The van der Waals surface area contributed by atoms with Gasteiger partial charge in [-0.15, -0.1) is 0 Å². The first-order chi connectivity index (χ1) is 7.34. The second-order valence-electron chi connectivity index (χ2n) is 4.46. The molecule has 0 aliphatic carbocycles. The molecule has 1 aromatic heterocycles. The van der Waals surface area contributed by atoms with Crippen molar-refractivity contribution in [2.45, 2.75) is 18.9 Å². The van der Waals surface area contributed by atoms with Gasteiger partial charge in [0.15, 0.2) is 0 Å². The second-order valence-corrected chi connectivity index (χ2v) is 4.46. The number of likely N-dealkylation sites (tertiary alicyclic amines) is 1. The topological polar surface area (TPSA) is 19.0 Å². The maximum absolute atomic E-state index is 3.23. The summed E-state index contributed by atoms with van der Waals surface area (Å²) in [6, 6.07) is 9.54. The van der Waals surface area contributed by atoms with Crippen molar-refractivity contribution in [3.8, 4) is 0 Å². The number of benzene rings is 1. The number of hydrogen-bond acceptors (Lipinski definition) is 1. The molecule has 2 heteroatoms. The van der Waals surface area contributed by atoms with E-state index < -0.39 is 0 Å². The predicted octanol–water partition coefficient (Wildman–Crippen LogP) is 2.93. The highest BCUT2D eigenvalue weighted by atomic mass is 15.1. The van der Waals surface area contributed by atoms with Crippen LogP contribution in [0.25, 0.3) is 10.9 Å². The van der Waals surface area contributed by atoms with Gasteiger partial charge in [0.25, 0.3) is 0 Å². The lowest BCUT2D eigenvalue weighted by atomic mass is 10.0. The smallest absolute Gasteiger partial charge is 0.0454 e. The Balaban J connectivity index is 2.03. The summed E-state index contributed by atoms with van der Waals surface area (Å²) < 4.78 is 0. The van der Waals surface area contributed by atoms with Crippen LogP contribution in [0.4, 0.5) is 0 Å². The van der Waals surface area contributed by atoms with Crippen molar-refractivity contribution in [2.75, 3.05) is 13.6 Å². The molecule has 0 saturated carbocycles. The minimum absolute atomic E-state index is 0.629. The van der Waals surface area contributed by atoms with E-state index in [1.165, 1.54) is 35.9 Å². The number of nitrogens with one attached hydrogen (secondary N) is 1. The molecule has 2 nitrogen and oxygen atoms in total. The summed E-state index contributed by atoms with van der Waals surface area (Å²) in [5.74, 6) is 0. The van der Waals surface area contributed by atoms with Crippen molar-refractivity contribution in [2.24, 2.45) is 0 Å². The fourth-order valence-electron chi connectivity index (χ4n) is 2.61. The molecule has 3 rings (SSSR count). The molecular weight excluding hydrogens is 184 g/mol. The molecule has 15 heavy (non-hydrogen) atoms. The Morgan fingerprint density at radius 1 is 1.33 bits per heavy atom. The van der Waals surface area contributed by atoms with Crippen molar-refractivity contribution in [1.82, 2.24) is 9.88 Å². The molecule has 0 spiro atoms. The van der Waals surface area contributed by atoms with E-state index in [2.05, 4.69) is 41.2 Å². The van der Waals surface area contributed by atoms with E-state index in [0.29, 0.717) is 6.04 Å². The van der Waals surface area contributed by atoms with Gasteiger partial charge >= 0.3 is 0 Å². The maximum Gasteiger partial charge on any atom is 0.0454 e. The summed E-state index contributed by atoms with van der Waals surface area (Å²) in [6.07, 6.45) is 4.63. The number of fused-ring (bicyclic) bond motifs is 1. The zero-order valence-corrected chi connectivity index (χ0v) is 9.03. The second kappa shape index (κ2) is 3.38. The van der Waals surface area contributed by atoms with Crippen LogP contribution in [-0.4, -0.2) is 23.5 Å². The monoisotopic (exact) mass is 200 g/mol. The summed E-state index contributed by atoms with van der Waals surface area (Å²) in [4.78, 5) is 5.69. The molecule has 78 valence electrons. The molecule has 2 heterocycles. The van der Waals surface area contributed by atoms with Crippen LogP contribution >= 0.6 is 0 Å². The third-order valence-corrected chi connectivity index (χ3v) is 3.48. The van der Waals surface area contributed by atoms with Crippen LogP contribution in [0.15, 0.2) is 30.5 Å². The summed E-state index contributed by atoms with van der Waals surface area (Å²) in [6.45, 7) is 1.23. The molecule has 1 atom stereocenters. The SMILES string of the molecule is CN1CCC[C@@H]1c1ccc2[nH]ccc2c1. The highest BCUT2D eigenvalue weighted by Gasteiger charge is 2.22. The Labute approximate surface area is 89.9 Å². The van der Waals surface area contributed by atoms with Gasteiger partial charge in [-0.05, 0) is 55.6 Å². The summed E-state index contributed by atoms with van der Waals surface area (Å²) in [5.41, 5.74) is 2.70. The van der Waals surface area contributed by atoms with Gasteiger partial charge in [0, 0.05) is 17.8 Å². The lowest BCUT2D eigenvalue weighted by Crippen LogP contribution is -2.17. The first kappa shape index (κ1) is 8.98. The van der Waals surface area contributed by atoms with Gasteiger partial charge in [-0.1, -0.05) is 6.07 Å². The fourth-order valence-corrected chi connectivity index (χ4v) is 2.61. The number of aromatic nitrogens is 1. The normalized spacial score (nSPS) is 22.6. The van der Waals surface area contributed by atoms with Crippen molar-refractivity contribution in [3.05, 3.63) is 36.0 Å². The van der Waals surface area contributed by atoms with Gasteiger partial charge in [-0.2, -0.15) is 0 Å². The molecule has 0 amide bonds. The average molecular weight is 200 g/mol. The van der Waals surface area contributed by atoms with Crippen LogP contribution < -0.4 is 0 Å². The molecule has 2 aromatic rings. The van der Waals surface area contributed by atoms with E-state index in [-0.39, 0.29) is 0 Å². The highest BCUT2D eigenvalue weighted by Crippen LogP contribution is 2.31. The van der Waals surface area contributed by atoms with E-state index >= 15 is 0 Å². The quantitative estimate of drug-likeness (QED) is 0.750. The molecule has 1 aromatic carbocycles. The van der Waals surface area contributed by atoms with Crippen LogP contribution in [0.2, 0.25) is 0 Å². The van der Waals surface area contributed by atoms with Crippen molar-refractivity contribution < 1.29 is 0 Å². The van der Waals surface area contributed by atoms with Gasteiger partial charge in [0.1, 0.15) is 0 Å². The van der Waals surface area contributed by atoms with Crippen LogP contribution in [0, 0.1) is 0 Å². The third-order valence-electron chi connectivity index (χ3n) is 3.48. The Morgan fingerprint density at radius 3 is 3.07 bits per heavy atom. The molecule has 0 radical (unpaired) electrons. The minimum atomic E-state index is 0.629. The predicted molar refractivity (Wildman–Crippen MR) is 62.9 cm³/mol. The Morgan fingerprint density at radius 2 is 2.27 bits per heavy atom. The van der Waals surface area contributed by atoms with Crippen molar-refractivity contribution >= 4 is 10.9 Å². The number of aromatic amines is 1. The minimum Gasteiger partial charge on any atom is -0.361 e.